The van der Waals surface area contributed by atoms with E-state index in [4.69, 9.17) is 9.40 Å². The first-order valence-corrected chi connectivity index (χ1v) is 10.1. The third-order valence-electron chi connectivity index (χ3n) is 5.79. The van der Waals surface area contributed by atoms with Crippen molar-refractivity contribution in [2.45, 2.75) is 6.92 Å². The standard InChI is InChI=1S/C27H17N3O/c1-17-14-15-20-25-18(16-28)8-7-13-23(25)31-26(20)24(17)27-29-21-11-5-6-12-22(21)30(27)19-9-3-2-4-10-19/h2-15H,1H3. The zero-order valence-electron chi connectivity index (χ0n) is 16.8. The number of benzene rings is 4. The fraction of sp³-hybridized carbons (Fsp3) is 0.0370. The van der Waals surface area contributed by atoms with Crippen LogP contribution in [0.15, 0.2) is 89.3 Å². The van der Waals surface area contributed by atoms with Gasteiger partial charge in [0, 0.05) is 16.5 Å². The molecule has 146 valence electrons. The number of nitrogens with zero attached hydrogens (tertiary/aromatic N) is 3. The molecule has 4 heteroatoms. The molecule has 0 saturated carbocycles. The summed E-state index contributed by atoms with van der Waals surface area (Å²) in [7, 11) is 0. The van der Waals surface area contributed by atoms with Crippen molar-refractivity contribution in [3.8, 4) is 23.1 Å². The second-order valence-corrected chi connectivity index (χ2v) is 7.62. The Morgan fingerprint density at radius 3 is 2.52 bits per heavy atom. The average Bonchev–Trinajstić information content (AvgIpc) is 3.37. The fourth-order valence-corrected chi connectivity index (χ4v) is 4.39. The lowest BCUT2D eigenvalue weighted by atomic mass is 10.0. The topological polar surface area (TPSA) is 54.8 Å². The number of para-hydroxylation sites is 3. The summed E-state index contributed by atoms with van der Waals surface area (Å²) in [6.07, 6.45) is 0. The first-order chi connectivity index (χ1) is 15.3. The van der Waals surface area contributed by atoms with E-state index in [1.807, 2.05) is 60.7 Å². The lowest BCUT2D eigenvalue weighted by molar-refractivity contribution is 0.669. The van der Waals surface area contributed by atoms with Gasteiger partial charge in [0.15, 0.2) is 0 Å². The molecule has 0 aliphatic rings. The van der Waals surface area contributed by atoms with Crippen molar-refractivity contribution < 1.29 is 4.42 Å². The van der Waals surface area contributed by atoms with Crippen LogP contribution in [-0.2, 0) is 0 Å². The zero-order valence-corrected chi connectivity index (χ0v) is 16.8. The first kappa shape index (κ1) is 17.5. The molecule has 2 aromatic heterocycles. The van der Waals surface area contributed by atoms with Gasteiger partial charge in [-0.05, 0) is 48.9 Å². The Labute approximate surface area is 178 Å². The van der Waals surface area contributed by atoms with E-state index in [0.29, 0.717) is 11.1 Å². The van der Waals surface area contributed by atoms with E-state index in [9.17, 15) is 5.26 Å². The number of nitriles is 1. The van der Waals surface area contributed by atoms with Crippen LogP contribution in [0.1, 0.15) is 11.1 Å². The number of fused-ring (bicyclic) bond motifs is 4. The van der Waals surface area contributed by atoms with Gasteiger partial charge in [-0.15, -0.1) is 0 Å². The van der Waals surface area contributed by atoms with Crippen LogP contribution in [0, 0.1) is 18.3 Å². The molecule has 0 bridgehead atoms. The highest BCUT2D eigenvalue weighted by molar-refractivity contribution is 6.12. The number of imidazole rings is 1. The van der Waals surface area contributed by atoms with Crippen LogP contribution in [0.2, 0.25) is 0 Å². The predicted octanol–water partition coefficient (Wildman–Crippen LogP) is 6.77. The maximum atomic E-state index is 9.63. The normalized spacial score (nSPS) is 11.4. The van der Waals surface area contributed by atoms with Gasteiger partial charge in [-0.1, -0.05) is 48.5 Å². The highest BCUT2D eigenvalue weighted by Crippen LogP contribution is 2.40. The number of aryl methyl sites for hydroxylation is 1. The monoisotopic (exact) mass is 399 g/mol. The van der Waals surface area contributed by atoms with Crippen molar-refractivity contribution in [3.05, 3.63) is 96.1 Å². The van der Waals surface area contributed by atoms with Crippen molar-refractivity contribution in [1.82, 2.24) is 9.55 Å². The lowest BCUT2D eigenvalue weighted by Crippen LogP contribution is -1.99. The minimum Gasteiger partial charge on any atom is -0.455 e. The highest BCUT2D eigenvalue weighted by Gasteiger charge is 2.22. The molecule has 2 heterocycles. The molecule has 0 saturated heterocycles. The van der Waals surface area contributed by atoms with Gasteiger partial charge in [0.2, 0.25) is 0 Å². The molecule has 0 spiro atoms. The van der Waals surface area contributed by atoms with E-state index in [1.165, 1.54) is 0 Å². The Morgan fingerprint density at radius 1 is 0.871 bits per heavy atom. The molecule has 0 N–H and O–H groups in total. The van der Waals surface area contributed by atoms with Gasteiger partial charge in [0.05, 0.1) is 28.2 Å². The van der Waals surface area contributed by atoms with Crippen molar-refractivity contribution >= 4 is 33.0 Å². The molecule has 4 nitrogen and oxygen atoms in total. The molecule has 0 aliphatic heterocycles. The van der Waals surface area contributed by atoms with Crippen LogP contribution in [0.25, 0.3) is 50.0 Å². The Hall–Kier alpha value is -4.36. The highest BCUT2D eigenvalue weighted by atomic mass is 16.3. The molecule has 0 amide bonds. The molecule has 6 aromatic rings. The maximum Gasteiger partial charge on any atom is 0.149 e. The van der Waals surface area contributed by atoms with Gasteiger partial charge in [-0.2, -0.15) is 5.26 Å². The smallest absolute Gasteiger partial charge is 0.149 e. The molecule has 4 aromatic carbocycles. The summed E-state index contributed by atoms with van der Waals surface area (Å²) in [6.45, 7) is 2.07. The third-order valence-corrected chi connectivity index (χ3v) is 5.79. The second kappa shape index (κ2) is 6.58. The molecule has 0 unspecified atom stereocenters. The summed E-state index contributed by atoms with van der Waals surface area (Å²) in [4.78, 5) is 5.02. The minimum absolute atomic E-state index is 0.614. The molecule has 31 heavy (non-hydrogen) atoms. The Kier molecular flexibility index (Phi) is 3.71. The summed E-state index contributed by atoms with van der Waals surface area (Å²) < 4.78 is 8.52. The molecule has 0 fully saturated rings. The van der Waals surface area contributed by atoms with E-state index in [1.54, 1.807) is 0 Å². The minimum atomic E-state index is 0.614. The lowest BCUT2D eigenvalue weighted by Gasteiger charge is -2.11. The van der Waals surface area contributed by atoms with E-state index >= 15 is 0 Å². The average molecular weight is 399 g/mol. The summed E-state index contributed by atoms with van der Waals surface area (Å²) in [5, 5.41) is 11.4. The van der Waals surface area contributed by atoms with Gasteiger partial charge in [0.25, 0.3) is 0 Å². The Morgan fingerprint density at radius 2 is 1.68 bits per heavy atom. The predicted molar refractivity (Wildman–Crippen MR) is 123 cm³/mol. The molecular formula is C27H17N3O. The molecule has 0 aliphatic carbocycles. The van der Waals surface area contributed by atoms with Gasteiger partial charge < -0.3 is 4.42 Å². The van der Waals surface area contributed by atoms with E-state index in [-0.39, 0.29) is 0 Å². The van der Waals surface area contributed by atoms with Crippen LogP contribution < -0.4 is 0 Å². The summed E-state index contributed by atoms with van der Waals surface area (Å²) in [6, 6.07) is 30.4. The summed E-state index contributed by atoms with van der Waals surface area (Å²) in [5.41, 5.74) is 7.09. The van der Waals surface area contributed by atoms with E-state index < -0.39 is 0 Å². The molecular weight excluding hydrogens is 382 g/mol. The molecule has 0 radical (unpaired) electrons. The Bertz CT molecular complexity index is 1650. The second-order valence-electron chi connectivity index (χ2n) is 7.62. The van der Waals surface area contributed by atoms with Crippen molar-refractivity contribution in [2.24, 2.45) is 0 Å². The first-order valence-electron chi connectivity index (χ1n) is 10.1. The van der Waals surface area contributed by atoms with Crippen LogP contribution in [0.3, 0.4) is 0 Å². The third kappa shape index (κ3) is 2.50. The summed E-state index contributed by atoms with van der Waals surface area (Å²) >= 11 is 0. The summed E-state index contributed by atoms with van der Waals surface area (Å²) in [5.74, 6) is 0.827. The van der Waals surface area contributed by atoms with Gasteiger partial charge in [-0.25, -0.2) is 4.98 Å². The van der Waals surface area contributed by atoms with Gasteiger partial charge in [0.1, 0.15) is 17.0 Å². The van der Waals surface area contributed by atoms with Crippen LogP contribution >= 0.6 is 0 Å². The van der Waals surface area contributed by atoms with Crippen LogP contribution in [0.5, 0.6) is 0 Å². The van der Waals surface area contributed by atoms with Crippen molar-refractivity contribution in [1.29, 1.82) is 5.26 Å². The quantitative estimate of drug-likeness (QED) is 0.323. The van der Waals surface area contributed by atoms with Gasteiger partial charge >= 0.3 is 0 Å². The number of furan rings is 1. The zero-order chi connectivity index (χ0) is 20.9. The van der Waals surface area contributed by atoms with Crippen molar-refractivity contribution in [2.75, 3.05) is 0 Å². The van der Waals surface area contributed by atoms with E-state index in [2.05, 4.69) is 41.8 Å². The van der Waals surface area contributed by atoms with E-state index in [0.717, 1.165) is 50.0 Å². The maximum absolute atomic E-state index is 9.63. The SMILES string of the molecule is Cc1ccc2c(oc3cccc(C#N)c32)c1-c1nc2ccccc2n1-c1ccccc1. The number of hydrogen-bond donors (Lipinski definition) is 0. The van der Waals surface area contributed by atoms with Crippen LogP contribution in [-0.4, -0.2) is 9.55 Å². The Balaban J connectivity index is 1.78. The number of aromatic nitrogens is 2. The van der Waals surface area contributed by atoms with Crippen molar-refractivity contribution in [3.63, 3.8) is 0 Å². The van der Waals surface area contributed by atoms with Crippen LogP contribution in [0.4, 0.5) is 0 Å². The van der Waals surface area contributed by atoms with Gasteiger partial charge in [-0.3, -0.25) is 4.57 Å². The number of rotatable bonds is 2. The largest absolute Gasteiger partial charge is 0.455 e. The molecule has 6 rings (SSSR count). The number of hydrogen-bond acceptors (Lipinski definition) is 3. The molecule has 0 atom stereocenters. The fourth-order valence-electron chi connectivity index (χ4n) is 4.39.